The Morgan fingerprint density at radius 2 is 1.17 bits per heavy atom. The fourth-order valence-corrected chi connectivity index (χ4v) is 1.72. The van der Waals surface area contributed by atoms with Gasteiger partial charge in [0, 0.05) is 6.42 Å². The van der Waals surface area contributed by atoms with Crippen LogP contribution in [0, 0.1) is 0 Å². The third-order valence-electron chi connectivity index (χ3n) is 2.94. The van der Waals surface area contributed by atoms with Gasteiger partial charge in [-0.3, -0.25) is 0 Å². The zero-order chi connectivity index (χ0) is 13.9. The van der Waals surface area contributed by atoms with Crippen molar-refractivity contribution in [3.05, 3.63) is 12.7 Å². The van der Waals surface area contributed by atoms with Crippen LogP contribution in [0.2, 0.25) is 0 Å². The van der Waals surface area contributed by atoms with Gasteiger partial charge in [-0.1, -0.05) is 71.3 Å². The maximum Gasteiger partial charge on any atom is 0.119 e. The molecule has 0 aliphatic rings. The Balaban J connectivity index is 0. The summed E-state index contributed by atoms with van der Waals surface area (Å²) in [6.07, 6.45) is 18.0. The minimum atomic E-state index is 0.756. The van der Waals surface area contributed by atoms with Crippen molar-refractivity contribution in [2.24, 2.45) is 0 Å². The SMILES string of the molecule is C=CCCCCCC.CCCCCCCCC=O. The lowest BCUT2D eigenvalue weighted by molar-refractivity contribution is -0.107. The standard InChI is InChI=1S/C9H18O.C8H16/c1-2-3-4-5-6-7-8-9-10;1-3-5-7-8-6-4-2/h9H,2-8H2,1H3;3H,1,4-8H2,2H3. The number of carbonyl (C=O) groups is 1. The van der Waals surface area contributed by atoms with E-state index in [1.165, 1.54) is 64.2 Å². The van der Waals surface area contributed by atoms with E-state index in [2.05, 4.69) is 20.4 Å². The van der Waals surface area contributed by atoms with Gasteiger partial charge in [-0.25, -0.2) is 0 Å². The van der Waals surface area contributed by atoms with Crippen LogP contribution in [0.25, 0.3) is 0 Å². The van der Waals surface area contributed by atoms with E-state index in [0.717, 1.165) is 19.1 Å². The van der Waals surface area contributed by atoms with E-state index in [1.807, 2.05) is 6.08 Å². The molecule has 0 amide bonds. The van der Waals surface area contributed by atoms with E-state index in [9.17, 15) is 4.79 Å². The summed E-state index contributed by atoms with van der Waals surface area (Å²) in [6.45, 7) is 8.10. The summed E-state index contributed by atoms with van der Waals surface area (Å²) in [5, 5.41) is 0. The van der Waals surface area contributed by atoms with E-state index in [1.54, 1.807) is 0 Å². The number of allylic oxidation sites excluding steroid dienone is 1. The average molecular weight is 254 g/mol. The normalized spacial score (nSPS) is 9.44. The molecule has 0 N–H and O–H groups in total. The van der Waals surface area contributed by atoms with Gasteiger partial charge in [-0.15, -0.1) is 6.58 Å². The highest BCUT2D eigenvalue weighted by atomic mass is 16.1. The molecule has 0 radical (unpaired) electrons. The molecule has 0 fully saturated rings. The molecule has 108 valence electrons. The molecule has 0 spiro atoms. The third kappa shape index (κ3) is 24.6. The maximum absolute atomic E-state index is 9.89. The van der Waals surface area contributed by atoms with Gasteiger partial charge in [0.2, 0.25) is 0 Å². The number of unbranched alkanes of at least 4 members (excludes halogenated alkanes) is 10. The minimum Gasteiger partial charge on any atom is -0.303 e. The summed E-state index contributed by atoms with van der Waals surface area (Å²) in [6, 6.07) is 0. The molecular formula is C17H34O. The van der Waals surface area contributed by atoms with Gasteiger partial charge >= 0.3 is 0 Å². The molecule has 0 aromatic carbocycles. The first kappa shape index (κ1) is 19.7. The van der Waals surface area contributed by atoms with Crippen LogP contribution in [-0.2, 0) is 4.79 Å². The summed E-state index contributed by atoms with van der Waals surface area (Å²) < 4.78 is 0. The molecule has 0 atom stereocenters. The quantitative estimate of drug-likeness (QED) is 0.234. The van der Waals surface area contributed by atoms with Crippen LogP contribution in [0.3, 0.4) is 0 Å². The Morgan fingerprint density at radius 1 is 0.722 bits per heavy atom. The number of hydrogen-bond donors (Lipinski definition) is 0. The number of rotatable bonds is 12. The van der Waals surface area contributed by atoms with Crippen molar-refractivity contribution in [3.8, 4) is 0 Å². The van der Waals surface area contributed by atoms with Crippen molar-refractivity contribution < 1.29 is 4.79 Å². The topological polar surface area (TPSA) is 17.1 Å². The first-order valence-corrected chi connectivity index (χ1v) is 7.87. The molecule has 0 saturated carbocycles. The Morgan fingerprint density at radius 3 is 1.67 bits per heavy atom. The summed E-state index contributed by atoms with van der Waals surface area (Å²) in [4.78, 5) is 9.89. The fraction of sp³-hybridized carbons (Fsp3) is 0.824. The predicted octanol–water partition coefficient (Wildman–Crippen LogP) is 6.08. The van der Waals surface area contributed by atoms with E-state index in [4.69, 9.17) is 0 Å². The van der Waals surface area contributed by atoms with Gasteiger partial charge in [-0.2, -0.15) is 0 Å². The molecule has 0 saturated heterocycles. The highest BCUT2D eigenvalue weighted by Gasteiger charge is 1.87. The lowest BCUT2D eigenvalue weighted by Crippen LogP contribution is -1.79. The summed E-state index contributed by atoms with van der Waals surface area (Å²) >= 11 is 0. The van der Waals surface area contributed by atoms with Crippen molar-refractivity contribution in [3.63, 3.8) is 0 Å². The summed E-state index contributed by atoms with van der Waals surface area (Å²) in [7, 11) is 0. The number of aldehydes is 1. The Labute approximate surface area is 115 Å². The molecule has 1 heteroatoms. The lowest BCUT2D eigenvalue weighted by Gasteiger charge is -1.95. The predicted molar refractivity (Wildman–Crippen MR) is 83.0 cm³/mol. The highest BCUT2D eigenvalue weighted by Crippen LogP contribution is 2.05. The van der Waals surface area contributed by atoms with E-state index in [-0.39, 0.29) is 0 Å². The molecule has 1 nitrogen and oxygen atoms in total. The van der Waals surface area contributed by atoms with Crippen LogP contribution >= 0.6 is 0 Å². The van der Waals surface area contributed by atoms with Gasteiger partial charge in [0.05, 0.1) is 0 Å². The summed E-state index contributed by atoms with van der Waals surface area (Å²) in [5.41, 5.74) is 0. The molecular weight excluding hydrogens is 220 g/mol. The second-order valence-corrected chi connectivity index (χ2v) is 4.86. The Bertz CT molecular complexity index is 152. The van der Waals surface area contributed by atoms with Crippen LogP contribution in [0.4, 0.5) is 0 Å². The fourth-order valence-electron chi connectivity index (χ4n) is 1.72. The van der Waals surface area contributed by atoms with Crippen molar-refractivity contribution in [2.45, 2.75) is 90.9 Å². The van der Waals surface area contributed by atoms with Gasteiger partial charge < -0.3 is 4.79 Å². The molecule has 0 aromatic rings. The third-order valence-corrected chi connectivity index (χ3v) is 2.94. The average Bonchev–Trinajstić information content (AvgIpc) is 2.40. The Kier molecular flexibility index (Phi) is 23.8. The first-order valence-electron chi connectivity index (χ1n) is 7.87. The number of hydrogen-bond acceptors (Lipinski definition) is 1. The van der Waals surface area contributed by atoms with Crippen LogP contribution in [0.15, 0.2) is 12.7 Å². The van der Waals surface area contributed by atoms with Crippen molar-refractivity contribution >= 4 is 6.29 Å². The minimum absolute atomic E-state index is 0.756. The molecule has 0 aromatic heterocycles. The van der Waals surface area contributed by atoms with Crippen LogP contribution in [0.5, 0.6) is 0 Å². The molecule has 0 unspecified atom stereocenters. The van der Waals surface area contributed by atoms with Crippen molar-refractivity contribution in [2.75, 3.05) is 0 Å². The highest BCUT2D eigenvalue weighted by molar-refractivity contribution is 5.48. The second-order valence-electron chi connectivity index (χ2n) is 4.86. The zero-order valence-corrected chi connectivity index (χ0v) is 12.8. The Hall–Kier alpha value is -0.590. The van der Waals surface area contributed by atoms with Gasteiger partial charge in [0.25, 0.3) is 0 Å². The molecule has 0 heterocycles. The largest absolute Gasteiger partial charge is 0.303 e. The molecule has 18 heavy (non-hydrogen) atoms. The monoisotopic (exact) mass is 254 g/mol. The van der Waals surface area contributed by atoms with Crippen LogP contribution in [0.1, 0.15) is 90.9 Å². The lowest BCUT2D eigenvalue weighted by atomic mass is 10.1. The second kappa shape index (κ2) is 21.7. The van der Waals surface area contributed by atoms with Gasteiger partial charge in [0.15, 0.2) is 0 Å². The van der Waals surface area contributed by atoms with E-state index >= 15 is 0 Å². The number of carbonyl (C=O) groups excluding carboxylic acids is 1. The van der Waals surface area contributed by atoms with E-state index in [0.29, 0.717) is 0 Å². The van der Waals surface area contributed by atoms with Gasteiger partial charge in [0.1, 0.15) is 6.29 Å². The smallest absolute Gasteiger partial charge is 0.119 e. The molecule has 0 aliphatic heterocycles. The van der Waals surface area contributed by atoms with Crippen LogP contribution in [-0.4, -0.2) is 6.29 Å². The van der Waals surface area contributed by atoms with Crippen LogP contribution < -0.4 is 0 Å². The van der Waals surface area contributed by atoms with E-state index < -0.39 is 0 Å². The molecule has 0 rings (SSSR count). The van der Waals surface area contributed by atoms with Gasteiger partial charge in [-0.05, 0) is 19.3 Å². The zero-order valence-electron chi connectivity index (χ0n) is 12.8. The maximum atomic E-state index is 9.89. The molecule has 0 bridgehead atoms. The van der Waals surface area contributed by atoms with Crippen molar-refractivity contribution in [1.29, 1.82) is 0 Å². The molecule has 0 aliphatic carbocycles. The summed E-state index contributed by atoms with van der Waals surface area (Å²) in [5.74, 6) is 0. The van der Waals surface area contributed by atoms with Crippen molar-refractivity contribution in [1.82, 2.24) is 0 Å². The first-order chi connectivity index (χ1) is 8.83.